The van der Waals surface area contributed by atoms with Crippen LogP contribution in [-0.2, 0) is 11.2 Å². The predicted molar refractivity (Wildman–Crippen MR) is 69.4 cm³/mol. The number of hydrogen-bond donors (Lipinski definition) is 1. The quantitative estimate of drug-likeness (QED) is 0.723. The summed E-state index contributed by atoms with van der Waals surface area (Å²) in [5.41, 5.74) is 5.16. The Balaban J connectivity index is 2.78. The van der Waals surface area contributed by atoms with Gasteiger partial charge in [0.1, 0.15) is 0 Å². The van der Waals surface area contributed by atoms with E-state index in [2.05, 4.69) is 17.1 Å². The van der Waals surface area contributed by atoms with Crippen LogP contribution in [0.2, 0.25) is 0 Å². The first-order valence-corrected chi connectivity index (χ1v) is 6.60. The number of aromatic nitrogens is 2. The number of carbonyl (C=O) groups excluding carboxylic acids is 2. The van der Waals surface area contributed by atoms with Gasteiger partial charge in [-0.2, -0.15) is 0 Å². The SMILES string of the molecule is CCCCc1nnc(C(=O)C(CC(N)=O)C(C)C)o1. The number of nitrogens with zero attached hydrogens (tertiary/aromatic N) is 2. The average Bonchev–Trinajstić information content (AvgIpc) is 2.80. The van der Waals surface area contributed by atoms with Crippen molar-refractivity contribution in [2.45, 2.75) is 46.5 Å². The molecule has 0 aliphatic carbocycles. The number of amides is 1. The number of carbonyl (C=O) groups is 2. The molecule has 1 heterocycles. The molecule has 0 aromatic carbocycles. The smallest absolute Gasteiger partial charge is 0.284 e. The molecule has 1 rings (SSSR count). The molecule has 19 heavy (non-hydrogen) atoms. The summed E-state index contributed by atoms with van der Waals surface area (Å²) >= 11 is 0. The molecule has 0 bridgehead atoms. The fourth-order valence-electron chi connectivity index (χ4n) is 1.79. The summed E-state index contributed by atoms with van der Waals surface area (Å²) in [6, 6.07) is 0. The van der Waals surface area contributed by atoms with Crippen molar-refractivity contribution in [1.29, 1.82) is 0 Å². The fourth-order valence-corrected chi connectivity index (χ4v) is 1.79. The van der Waals surface area contributed by atoms with E-state index >= 15 is 0 Å². The van der Waals surface area contributed by atoms with Gasteiger partial charge in [0.15, 0.2) is 0 Å². The van der Waals surface area contributed by atoms with E-state index in [4.69, 9.17) is 10.2 Å². The molecule has 106 valence electrons. The molecule has 0 saturated heterocycles. The summed E-state index contributed by atoms with van der Waals surface area (Å²) in [5, 5.41) is 7.60. The van der Waals surface area contributed by atoms with Crippen molar-refractivity contribution >= 4 is 11.7 Å². The summed E-state index contributed by atoms with van der Waals surface area (Å²) in [4.78, 5) is 23.2. The highest BCUT2D eigenvalue weighted by atomic mass is 16.4. The Hall–Kier alpha value is -1.72. The number of aryl methyl sites for hydroxylation is 1. The normalized spacial score (nSPS) is 12.6. The summed E-state index contributed by atoms with van der Waals surface area (Å²) in [6.07, 6.45) is 2.62. The highest BCUT2D eigenvalue weighted by Gasteiger charge is 2.29. The largest absolute Gasteiger partial charge is 0.418 e. The third-order valence-corrected chi connectivity index (χ3v) is 2.98. The van der Waals surface area contributed by atoms with Crippen molar-refractivity contribution in [2.24, 2.45) is 17.6 Å². The van der Waals surface area contributed by atoms with Gasteiger partial charge in [-0.05, 0) is 12.3 Å². The Morgan fingerprint density at radius 2 is 2.00 bits per heavy atom. The highest BCUT2D eigenvalue weighted by molar-refractivity contribution is 5.96. The number of ketones is 1. The molecule has 1 amide bonds. The maximum absolute atomic E-state index is 12.2. The van der Waals surface area contributed by atoms with E-state index in [1.54, 1.807) is 0 Å². The van der Waals surface area contributed by atoms with Crippen LogP contribution in [0.3, 0.4) is 0 Å². The van der Waals surface area contributed by atoms with Gasteiger partial charge in [0.25, 0.3) is 5.89 Å². The van der Waals surface area contributed by atoms with Crippen molar-refractivity contribution in [3.05, 3.63) is 11.8 Å². The van der Waals surface area contributed by atoms with Gasteiger partial charge >= 0.3 is 0 Å². The number of unbranched alkanes of at least 4 members (excludes halogenated alkanes) is 1. The van der Waals surface area contributed by atoms with E-state index in [0.717, 1.165) is 12.8 Å². The number of nitrogens with two attached hydrogens (primary N) is 1. The lowest BCUT2D eigenvalue weighted by molar-refractivity contribution is -0.118. The second kappa shape index (κ2) is 7.01. The molecule has 0 fully saturated rings. The fraction of sp³-hybridized carbons (Fsp3) is 0.692. The molecule has 1 atom stereocenters. The average molecular weight is 267 g/mol. The highest BCUT2D eigenvalue weighted by Crippen LogP contribution is 2.20. The van der Waals surface area contributed by atoms with Crippen LogP contribution in [0.15, 0.2) is 4.42 Å². The van der Waals surface area contributed by atoms with Crippen molar-refractivity contribution in [3.8, 4) is 0 Å². The number of primary amides is 1. The van der Waals surface area contributed by atoms with Crippen LogP contribution < -0.4 is 5.73 Å². The van der Waals surface area contributed by atoms with Crippen LogP contribution in [0.25, 0.3) is 0 Å². The Morgan fingerprint density at radius 3 is 2.53 bits per heavy atom. The van der Waals surface area contributed by atoms with Gasteiger partial charge in [-0.15, -0.1) is 10.2 Å². The standard InChI is InChI=1S/C13H21N3O3/c1-4-5-6-11-15-16-13(19-11)12(18)9(8(2)3)7-10(14)17/h8-9H,4-7H2,1-3H3,(H2,14,17). The number of Topliss-reactive ketones (excluding diaryl/α,β-unsaturated/α-hetero) is 1. The molecule has 1 unspecified atom stereocenters. The van der Waals surface area contributed by atoms with Gasteiger partial charge in [0.05, 0.1) is 0 Å². The van der Waals surface area contributed by atoms with E-state index in [1.807, 2.05) is 13.8 Å². The lowest BCUT2D eigenvalue weighted by Crippen LogP contribution is -2.27. The van der Waals surface area contributed by atoms with Crippen LogP contribution in [0.4, 0.5) is 0 Å². The Labute approximate surface area is 112 Å². The Bertz CT molecular complexity index is 440. The molecule has 0 radical (unpaired) electrons. The van der Waals surface area contributed by atoms with Crippen molar-refractivity contribution in [1.82, 2.24) is 10.2 Å². The van der Waals surface area contributed by atoms with Gasteiger partial charge in [-0.1, -0.05) is 27.2 Å². The third kappa shape index (κ3) is 4.46. The molecule has 6 heteroatoms. The van der Waals surface area contributed by atoms with Crippen molar-refractivity contribution < 1.29 is 14.0 Å². The molecule has 0 aliphatic rings. The first kappa shape index (κ1) is 15.3. The van der Waals surface area contributed by atoms with Crippen LogP contribution in [0.5, 0.6) is 0 Å². The maximum atomic E-state index is 12.2. The van der Waals surface area contributed by atoms with Crippen molar-refractivity contribution in [3.63, 3.8) is 0 Å². The molecule has 0 saturated carbocycles. The molecule has 0 aliphatic heterocycles. The molecular formula is C13H21N3O3. The van der Waals surface area contributed by atoms with Gasteiger partial charge in [-0.3, -0.25) is 9.59 Å². The molecule has 6 nitrogen and oxygen atoms in total. The minimum Gasteiger partial charge on any atom is -0.418 e. The monoisotopic (exact) mass is 267 g/mol. The zero-order valence-electron chi connectivity index (χ0n) is 11.7. The van der Waals surface area contributed by atoms with E-state index in [0.29, 0.717) is 12.3 Å². The Morgan fingerprint density at radius 1 is 1.32 bits per heavy atom. The summed E-state index contributed by atoms with van der Waals surface area (Å²) in [6.45, 7) is 5.78. The number of hydrogen-bond acceptors (Lipinski definition) is 5. The zero-order chi connectivity index (χ0) is 14.4. The third-order valence-electron chi connectivity index (χ3n) is 2.98. The summed E-state index contributed by atoms with van der Waals surface area (Å²) in [7, 11) is 0. The van der Waals surface area contributed by atoms with Crippen LogP contribution in [0.1, 0.15) is 56.6 Å². The topological polar surface area (TPSA) is 99.1 Å². The predicted octanol–water partition coefficient (Wildman–Crippen LogP) is 1.74. The van der Waals surface area contributed by atoms with E-state index in [-0.39, 0.29) is 24.0 Å². The molecule has 1 aromatic heterocycles. The maximum Gasteiger partial charge on any atom is 0.284 e. The summed E-state index contributed by atoms with van der Waals surface area (Å²) in [5.74, 6) is -0.873. The summed E-state index contributed by atoms with van der Waals surface area (Å²) < 4.78 is 5.34. The lowest BCUT2D eigenvalue weighted by atomic mass is 9.88. The van der Waals surface area contributed by atoms with Gasteiger partial charge in [0.2, 0.25) is 17.6 Å². The van der Waals surface area contributed by atoms with Gasteiger partial charge in [0, 0.05) is 18.8 Å². The number of rotatable bonds is 8. The van der Waals surface area contributed by atoms with Crippen LogP contribution in [0, 0.1) is 11.8 Å². The molecule has 1 aromatic rings. The molecule has 0 spiro atoms. The molecular weight excluding hydrogens is 246 g/mol. The van der Waals surface area contributed by atoms with Crippen molar-refractivity contribution in [2.75, 3.05) is 0 Å². The van der Waals surface area contributed by atoms with E-state index in [9.17, 15) is 9.59 Å². The minimum absolute atomic E-state index is 0.00315. The van der Waals surface area contributed by atoms with Crippen LogP contribution >= 0.6 is 0 Å². The van der Waals surface area contributed by atoms with E-state index in [1.165, 1.54) is 0 Å². The van der Waals surface area contributed by atoms with Crippen LogP contribution in [-0.4, -0.2) is 21.9 Å². The Kier molecular flexibility index (Phi) is 5.66. The lowest BCUT2D eigenvalue weighted by Gasteiger charge is -2.15. The minimum atomic E-state index is -0.503. The second-order valence-electron chi connectivity index (χ2n) is 4.99. The zero-order valence-corrected chi connectivity index (χ0v) is 11.7. The van der Waals surface area contributed by atoms with E-state index < -0.39 is 11.8 Å². The van der Waals surface area contributed by atoms with Gasteiger partial charge < -0.3 is 10.2 Å². The first-order valence-electron chi connectivity index (χ1n) is 6.60. The molecule has 2 N–H and O–H groups in total. The van der Waals surface area contributed by atoms with Gasteiger partial charge in [-0.25, -0.2) is 0 Å². The first-order chi connectivity index (χ1) is 8.95. The second-order valence-corrected chi connectivity index (χ2v) is 4.99.